The standard InChI is InChI=1S/C24H26N6OS/c1-16-9-11-19(12-10-16)23-26-27-24(32)29(23)14-13-22(31)25-15-21-17(2)28-30(18(21)3)20-7-5-4-6-8-20/h4-12H,13-15H2,1-3H3,(H,25,31)(H,27,32). The minimum absolute atomic E-state index is 0.0470. The van der Waals surface area contributed by atoms with Crippen molar-refractivity contribution in [1.82, 2.24) is 29.9 Å². The van der Waals surface area contributed by atoms with Crippen molar-refractivity contribution in [3.05, 3.63) is 81.9 Å². The Hall–Kier alpha value is -3.52. The summed E-state index contributed by atoms with van der Waals surface area (Å²) in [6.45, 7) is 6.91. The molecule has 0 fully saturated rings. The molecule has 2 aromatic heterocycles. The number of nitrogens with zero attached hydrogens (tertiary/aromatic N) is 4. The maximum absolute atomic E-state index is 12.6. The lowest BCUT2D eigenvalue weighted by molar-refractivity contribution is -0.121. The number of amides is 1. The number of rotatable bonds is 7. The molecule has 0 aliphatic rings. The smallest absolute Gasteiger partial charge is 0.222 e. The third kappa shape index (κ3) is 4.55. The van der Waals surface area contributed by atoms with Crippen molar-refractivity contribution in [2.45, 2.75) is 40.3 Å². The maximum atomic E-state index is 12.6. The van der Waals surface area contributed by atoms with E-state index in [1.165, 1.54) is 5.56 Å². The largest absolute Gasteiger partial charge is 0.352 e. The zero-order chi connectivity index (χ0) is 22.7. The summed E-state index contributed by atoms with van der Waals surface area (Å²) in [7, 11) is 0. The molecule has 4 rings (SSSR count). The van der Waals surface area contributed by atoms with Gasteiger partial charge in [0.2, 0.25) is 5.91 Å². The van der Waals surface area contributed by atoms with E-state index in [2.05, 4.69) is 20.6 Å². The van der Waals surface area contributed by atoms with Gasteiger partial charge in [0.05, 0.1) is 11.4 Å². The molecule has 0 bridgehead atoms. The molecule has 32 heavy (non-hydrogen) atoms. The van der Waals surface area contributed by atoms with E-state index in [0.717, 1.165) is 34.0 Å². The molecule has 2 heterocycles. The minimum Gasteiger partial charge on any atom is -0.352 e. The van der Waals surface area contributed by atoms with Gasteiger partial charge in [-0.05, 0) is 45.1 Å². The second kappa shape index (κ2) is 9.32. The number of aromatic nitrogens is 5. The normalized spacial score (nSPS) is 11.0. The van der Waals surface area contributed by atoms with Crippen LogP contribution in [0.3, 0.4) is 0 Å². The van der Waals surface area contributed by atoms with E-state index in [0.29, 0.717) is 24.3 Å². The van der Waals surface area contributed by atoms with Gasteiger partial charge in [0.15, 0.2) is 10.6 Å². The average Bonchev–Trinajstić information content (AvgIpc) is 3.30. The van der Waals surface area contributed by atoms with Gasteiger partial charge >= 0.3 is 0 Å². The SMILES string of the molecule is Cc1ccc(-c2n[nH]c(=S)n2CCC(=O)NCc2c(C)nn(-c3ccccc3)c2C)cc1. The van der Waals surface area contributed by atoms with Gasteiger partial charge in [0, 0.05) is 36.3 Å². The van der Waals surface area contributed by atoms with Crippen LogP contribution in [-0.4, -0.2) is 30.5 Å². The van der Waals surface area contributed by atoms with Crippen LogP contribution in [0, 0.1) is 25.5 Å². The molecule has 8 heteroatoms. The number of carbonyl (C=O) groups is 1. The van der Waals surface area contributed by atoms with Gasteiger partial charge in [-0.15, -0.1) is 0 Å². The molecule has 0 radical (unpaired) electrons. The summed E-state index contributed by atoms with van der Waals surface area (Å²) >= 11 is 5.38. The number of hydrogen-bond acceptors (Lipinski definition) is 4. The van der Waals surface area contributed by atoms with Crippen molar-refractivity contribution in [1.29, 1.82) is 0 Å². The first-order valence-corrected chi connectivity index (χ1v) is 10.9. The predicted molar refractivity (Wildman–Crippen MR) is 127 cm³/mol. The van der Waals surface area contributed by atoms with Crippen LogP contribution in [0.25, 0.3) is 17.1 Å². The Bertz CT molecular complexity index is 1280. The summed E-state index contributed by atoms with van der Waals surface area (Å²) < 4.78 is 4.28. The van der Waals surface area contributed by atoms with E-state index in [1.807, 2.05) is 84.6 Å². The van der Waals surface area contributed by atoms with Crippen molar-refractivity contribution in [3.63, 3.8) is 0 Å². The molecule has 2 aromatic carbocycles. The maximum Gasteiger partial charge on any atom is 0.222 e. The number of aryl methyl sites for hydroxylation is 2. The molecular formula is C24H26N6OS. The molecule has 1 amide bonds. The van der Waals surface area contributed by atoms with Crippen LogP contribution in [0.15, 0.2) is 54.6 Å². The van der Waals surface area contributed by atoms with Gasteiger partial charge in [-0.3, -0.25) is 14.5 Å². The third-order valence-corrected chi connectivity index (χ3v) is 5.85. The van der Waals surface area contributed by atoms with Gasteiger partial charge in [-0.25, -0.2) is 4.68 Å². The quantitative estimate of drug-likeness (QED) is 0.412. The van der Waals surface area contributed by atoms with E-state index in [1.54, 1.807) is 0 Å². The van der Waals surface area contributed by atoms with Crippen molar-refractivity contribution in [3.8, 4) is 17.1 Å². The topological polar surface area (TPSA) is 80.5 Å². The number of nitrogens with one attached hydrogen (secondary N) is 2. The first-order valence-electron chi connectivity index (χ1n) is 10.5. The Balaban J connectivity index is 1.41. The van der Waals surface area contributed by atoms with Crippen molar-refractivity contribution in [2.75, 3.05) is 0 Å². The van der Waals surface area contributed by atoms with E-state index in [9.17, 15) is 4.79 Å². The Morgan fingerprint density at radius 2 is 1.78 bits per heavy atom. The van der Waals surface area contributed by atoms with Crippen LogP contribution in [0.1, 0.15) is 28.9 Å². The second-order valence-corrected chi connectivity index (χ2v) is 8.18. The fourth-order valence-electron chi connectivity index (χ4n) is 3.69. The number of hydrogen-bond donors (Lipinski definition) is 2. The van der Waals surface area contributed by atoms with E-state index < -0.39 is 0 Å². The van der Waals surface area contributed by atoms with E-state index in [-0.39, 0.29) is 5.91 Å². The Morgan fingerprint density at radius 3 is 2.50 bits per heavy atom. The number of benzene rings is 2. The van der Waals surface area contributed by atoms with Gasteiger partial charge in [0.25, 0.3) is 0 Å². The van der Waals surface area contributed by atoms with Crippen LogP contribution in [0.5, 0.6) is 0 Å². The monoisotopic (exact) mass is 446 g/mol. The zero-order valence-electron chi connectivity index (χ0n) is 18.4. The van der Waals surface area contributed by atoms with Gasteiger partial charge in [0.1, 0.15) is 0 Å². The Kier molecular flexibility index (Phi) is 6.32. The molecule has 0 unspecified atom stereocenters. The predicted octanol–water partition coefficient (Wildman–Crippen LogP) is 4.43. The lowest BCUT2D eigenvalue weighted by Crippen LogP contribution is -2.24. The molecule has 0 spiro atoms. The Morgan fingerprint density at radius 1 is 1.06 bits per heavy atom. The summed E-state index contributed by atoms with van der Waals surface area (Å²) in [5.41, 5.74) is 6.10. The molecule has 4 aromatic rings. The minimum atomic E-state index is -0.0470. The summed E-state index contributed by atoms with van der Waals surface area (Å²) in [6, 6.07) is 18.1. The van der Waals surface area contributed by atoms with Crippen LogP contribution in [0.4, 0.5) is 0 Å². The molecule has 0 aliphatic carbocycles. The first-order chi connectivity index (χ1) is 15.4. The second-order valence-electron chi connectivity index (χ2n) is 7.79. The van der Waals surface area contributed by atoms with Gasteiger partial charge < -0.3 is 5.32 Å². The highest BCUT2D eigenvalue weighted by Crippen LogP contribution is 2.19. The number of carbonyl (C=O) groups excluding carboxylic acids is 1. The molecular weight excluding hydrogens is 420 g/mol. The van der Waals surface area contributed by atoms with Crippen LogP contribution in [0.2, 0.25) is 0 Å². The lowest BCUT2D eigenvalue weighted by Gasteiger charge is -2.09. The molecule has 0 saturated heterocycles. The fourth-order valence-corrected chi connectivity index (χ4v) is 3.91. The van der Waals surface area contributed by atoms with Crippen molar-refractivity contribution in [2.24, 2.45) is 0 Å². The Labute approximate surface area is 192 Å². The highest BCUT2D eigenvalue weighted by molar-refractivity contribution is 7.71. The van der Waals surface area contributed by atoms with E-state index >= 15 is 0 Å². The van der Waals surface area contributed by atoms with Crippen LogP contribution in [-0.2, 0) is 17.9 Å². The third-order valence-electron chi connectivity index (χ3n) is 5.53. The van der Waals surface area contributed by atoms with E-state index in [4.69, 9.17) is 12.2 Å². The van der Waals surface area contributed by atoms with Gasteiger partial charge in [-0.2, -0.15) is 10.2 Å². The average molecular weight is 447 g/mol. The fraction of sp³-hybridized carbons (Fsp3) is 0.250. The summed E-state index contributed by atoms with van der Waals surface area (Å²) in [4.78, 5) is 12.6. The summed E-state index contributed by atoms with van der Waals surface area (Å²) in [6.07, 6.45) is 0.303. The molecule has 0 atom stereocenters. The van der Waals surface area contributed by atoms with Crippen molar-refractivity contribution < 1.29 is 4.79 Å². The molecule has 164 valence electrons. The lowest BCUT2D eigenvalue weighted by atomic mass is 10.1. The summed E-state index contributed by atoms with van der Waals surface area (Å²) in [5.74, 6) is 0.688. The molecule has 0 aliphatic heterocycles. The first kappa shape index (κ1) is 21.7. The zero-order valence-corrected chi connectivity index (χ0v) is 19.2. The number of para-hydroxylation sites is 1. The van der Waals surface area contributed by atoms with Crippen LogP contribution >= 0.6 is 12.2 Å². The molecule has 2 N–H and O–H groups in total. The van der Waals surface area contributed by atoms with Crippen molar-refractivity contribution >= 4 is 18.1 Å². The van der Waals surface area contributed by atoms with Crippen LogP contribution < -0.4 is 5.32 Å². The summed E-state index contributed by atoms with van der Waals surface area (Å²) in [5, 5.41) is 14.8. The highest BCUT2D eigenvalue weighted by atomic mass is 32.1. The number of aromatic amines is 1. The van der Waals surface area contributed by atoms with Gasteiger partial charge in [-0.1, -0.05) is 48.0 Å². The highest BCUT2D eigenvalue weighted by Gasteiger charge is 2.15. The number of H-pyrrole nitrogens is 1. The molecule has 7 nitrogen and oxygen atoms in total. The molecule has 0 saturated carbocycles.